The van der Waals surface area contributed by atoms with E-state index >= 15 is 0 Å². The number of nitrogens with one attached hydrogen (secondary N) is 1. The van der Waals surface area contributed by atoms with Crippen LogP contribution in [0, 0.1) is 5.92 Å². The highest BCUT2D eigenvalue weighted by Crippen LogP contribution is 2.32. The standard InChI is InChI=1S/C18H26N2O2S/c21-17-5-1-3-15(9-17)10-20-8-2-4-16(11-20)19-18(22)13-23-12-14-6-7-14/h1,3,5,9,14,16,21H,2,4,6-8,10-13H2,(H,19,22)/t16-/m1/s1. The first-order valence-corrected chi connectivity index (χ1v) is 9.72. The molecule has 1 atom stereocenters. The molecule has 1 saturated heterocycles. The molecule has 1 saturated carbocycles. The molecular weight excluding hydrogens is 308 g/mol. The molecular formula is C18H26N2O2S. The van der Waals surface area contributed by atoms with Crippen LogP contribution in [0.1, 0.15) is 31.2 Å². The summed E-state index contributed by atoms with van der Waals surface area (Å²) in [5.74, 6) is 3.11. The van der Waals surface area contributed by atoms with Crippen LogP contribution in [0.5, 0.6) is 5.75 Å². The fourth-order valence-electron chi connectivity index (χ4n) is 3.10. The number of phenolic OH excluding ortho intramolecular Hbond substituents is 1. The van der Waals surface area contributed by atoms with Gasteiger partial charge in [-0.1, -0.05) is 12.1 Å². The zero-order valence-corrected chi connectivity index (χ0v) is 14.4. The first-order chi connectivity index (χ1) is 11.2. The van der Waals surface area contributed by atoms with E-state index in [1.165, 1.54) is 12.8 Å². The minimum atomic E-state index is 0.180. The number of rotatable bonds is 7. The molecule has 0 radical (unpaired) electrons. The number of phenols is 1. The van der Waals surface area contributed by atoms with Gasteiger partial charge in [0.25, 0.3) is 0 Å². The Kier molecular flexibility index (Phi) is 5.84. The van der Waals surface area contributed by atoms with Crippen LogP contribution in [0.3, 0.4) is 0 Å². The first kappa shape index (κ1) is 16.7. The van der Waals surface area contributed by atoms with Crippen molar-refractivity contribution in [3.63, 3.8) is 0 Å². The van der Waals surface area contributed by atoms with Crippen molar-refractivity contribution >= 4 is 17.7 Å². The molecule has 5 heteroatoms. The predicted octanol–water partition coefficient (Wildman–Crippen LogP) is 2.62. The third kappa shape index (κ3) is 5.74. The summed E-state index contributed by atoms with van der Waals surface area (Å²) in [4.78, 5) is 14.4. The first-order valence-electron chi connectivity index (χ1n) is 8.56. The predicted molar refractivity (Wildman–Crippen MR) is 94.6 cm³/mol. The highest BCUT2D eigenvalue weighted by Gasteiger charge is 2.23. The molecule has 23 heavy (non-hydrogen) atoms. The van der Waals surface area contributed by atoms with Crippen molar-refractivity contribution in [2.75, 3.05) is 24.6 Å². The molecule has 2 fully saturated rings. The molecule has 3 rings (SSSR count). The summed E-state index contributed by atoms with van der Waals surface area (Å²) in [5, 5.41) is 12.8. The summed E-state index contributed by atoms with van der Waals surface area (Å²) >= 11 is 1.77. The van der Waals surface area contributed by atoms with Crippen molar-refractivity contribution in [2.45, 2.75) is 38.3 Å². The van der Waals surface area contributed by atoms with Crippen LogP contribution in [-0.4, -0.2) is 46.6 Å². The Morgan fingerprint density at radius 1 is 1.35 bits per heavy atom. The van der Waals surface area contributed by atoms with Crippen molar-refractivity contribution in [3.05, 3.63) is 29.8 Å². The van der Waals surface area contributed by atoms with Gasteiger partial charge in [0.2, 0.25) is 5.91 Å². The normalized spacial score (nSPS) is 22.0. The van der Waals surface area contributed by atoms with Gasteiger partial charge in [-0.05, 0) is 61.6 Å². The number of carbonyl (C=O) groups is 1. The number of hydrogen-bond donors (Lipinski definition) is 2. The summed E-state index contributed by atoms with van der Waals surface area (Å²) in [6, 6.07) is 7.69. The van der Waals surface area contributed by atoms with Gasteiger partial charge in [0, 0.05) is 19.1 Å². The van der Waals surface area contributed by atoms with Crippen molar-refractivity contribution in [1.82, 2.24) is 10.2 Å². The van der Waals surface area contributed by atoms with Gasteiger partial charge < -0.3 is 10.4 Å². The van der Waals surface area contributed by atoms with Crippen LogP contribution in [0.15, 0.2) is 24.3 Å². The average Bonchev–Trinajstić information content (AvgIpc) is 3.32. The van der Waals surface area contributed by atoms with Crippen molar-refractivity contribution in [2.24, 2.45) is 5.92 Å². The highest BCUT2D eigenvalue weighted by atomic mass is 32.2. The third-order valence-electron chi connectivity index (χ3n) is 4.47. The van der Waals surface area contributed by atoms with Crippen molar-refractivity contribution in [3.8, 4) is 5.75 Å². The lowest BCUT2D eigenvalue weighted by molar-refractivity contribution is -0.119. The Labute approximate surface area is 142 Å². The quantitative estimate of drug-likeness (QED) is 0.805. The largest absolute Gasteiger partial charge is 0.508 e. The van der Waals surface area contributed by atoms with Gasteiger partial charge in [-0.15, -0.1) is 0 Å². The number of carbonyl (C=O) groups excluding carboxylic acids is 1. The molecule has 2 N–H and O–H groups in total. The molecule has 1 aliphatic carbocycles. The molecule has 0 spiro atoms. The Morgan fingerprint density at radius 3 is 3.00 bits per heavy atom. The van der Waals surface area contributed by atoms with E-state index in [2.05, 4.69) is 10.2 Å². The molecule has 0 bridgehead atoms. The van der Waals surface area contributed by atoms with E-state index < -0.39 is 0 Å². The highest BCUT2D eigenvalue weighted by molar-refractivity contribution is 7.99. The number of nitrogens with zero attached hydrogens (tertiary/aromatic N) is 1. The summed E-state index contributed by atoms with van der Waals surface area (Å²) in [6.45, 7) is 2.78. The van der Waals surface area contributed by atoms with Gasteiger partial charge in [-0.3, -0.25) is 9.69 Å². The number of likely N-dealkylation sites (tertiary alicyclic amines) is 1. The van der Waals surface area contributed by atoms with E-state index in [1.807, 2.05) is 18.2 Å². The number of hydrogen-bond acceptors (Lipinski definition) is 4. The lowest BCUT2D eigenvalue weighted by Crippen LogP contribution is -2.47. The Hall–Kier alpha value is -1.20. The minimum absolute atomic E-state index is 0.180. The molecule has 0 aromatic heterocycles. The zero-order chi connectivity index (χ0) is 16.1. The van der Waals surface area contributed by atoms with Gasteiger partial charge in [0.05, 0.1) is 5.75 Å². The summed E-state index contributed by atoms with van der Waals surface area (Å²) in [7, 11) is 0. The monoisotopic (exact) mass is 334 g/mol. The van der Waals surface area contributed by atoms with Crippen LogP contribution in [-0.2, 0) is 11.3 Å². The van der Waals surface area contributed by atoms with Crippen LogP contribution in [0.2, 0.25) is 0 Å². The molecule has 1 aliphatic heterocycles. The van der Waals surface area contributed by atoms with E-state index in [0.29, 0.717) is 11.5 Å². The Balaban J connectivity index is 1.41. The van der Waals surface area contributed by atoms with Gasteiger partial charge in [0.1, 0.15) is 5.75 Å². The zero-order valence-electron chi connectivity index (χ0n) is 13.5. The van der Waals surface area contributed by atoms with E-state index in [-0.39, 0.29) is 11.9 Å². The van der Waals surface area contributed by atoms with E-state index in [1.54, 1.807) is 17.8 Å². The maximum atomic E-state index is 12.0. The molecule has 4 nitrogen and oxygen atoms in total. The average molecular weight is 334 g/mol. The minimum Gasteiger partial charge on any atom is -0.508 e. The van der Waals surface area contributed by atoms with Crippen molar-refractivity contribution < 1.29 is 9.90 Å². The second kappa shape index (κ2) is 8.06. The topological polar surface area (TPSA) is 52.6 Å². The van der Waals surface area contributed by atoms with Crippen molar-refractivity contribution in [1.29, 1.82) is 0 Å². The van der Waals surface area contributed by atoms with Gasteiger partial charge in [0.15, 0.2) is 0 Å². The van der Waals surface area contributed by atoms with Gasteiger partial charge in [-0.25, -0.2) is 0 Å². The van der Waals surface area contributed by atoms with E-state index in [0.717, 1.165) is 49.7 Å². The van der Waals surface area contributed by atoms with Crippen LogP contribution in [0.25, 0.3) is 0 Å². The summed E-state index contributed by atoms with van der Waals surface area (Å²) in [5.41, 5.74) is 1.12. The third-order valence-corrected chi connectivity index (χ3v) is 5.64. The van der Waals surface area contributed by atoms with Crippen LogP contribution in [0.4, 0.5) is 0 Å². The molecule has 0 unspecified atom stereocenters. The van der Waals surface area contributed by atoms with Gasteiger partial charge >= 0.3 is 0 Å². The Morgan fingerprint density at radius 2 is 2.22 bits per heavy atom. The molecule has 1 amide bonds. The molecule has 126 valence electrons. The van der Waals surface area contributed by atoms with Crippen LogP contribution < -0.4 is 5.32 Å². The van der Waals surface area contributed by atoms with E-state index in [9.17, 15) is 9.90 Å². The molecule has 1 aromatic carbocycles. The molecule has 1 heterocycles. The fraction of sp³-hybridized carbons (Fsp3) is 0.611. The lowest BCUT2D eigenvalue weighted by Gasteiger charge is -2.33. The second-order valence-electron chi connectivity index (χ2n) is 6.77. The lowest BCUT2D eigenvalue weighted by atomic mass is 10.0. The number of benzene rings is 1. The van der Waals surface area contributed by atoms with Crippen LogP contribution >= 0.6 is 11.8 Å². The summed E-state index contributed by atoms with van der Waals surface area (Å²) < 4.78 is 0. The maximum absolute atomic E-state index is 12.0. The summed E-state index contributed by atoms with van der Waals surface area (Å²) in [6.07, 6.45) is 4.87. The van der Waals surface area contributed by atoms with E-state index in [4.69, 9.17) is 0 Å². The molecule has 2 aliphatic rings. The number of amides is 1. The Bertz CT molecular complexity index is 534. The second-order valence-corrected chi connectivity index (χ2v) is 7.80. The smallest absolute Gasteiger partial charge is 0.230 e. The maximum Gasteiger partial charge on any atom is 0.230 e. The van der Waals surface area contributed by atoms with Gasteiger partial charge in [-0.2, -0.15) is 11.8 Å². The fourth-order valence-corrected chi connectivity index (χ4v) is 4.16. The number of piperidine rings is 1. The molecule has 1 aromatic rings. The number of thioether (sulfide) groups is 1. The SMILES string of the molecule is O=C(CSCC1CC1)N[C@@H]1CCCN(Cc2cccc(O)c2)C1. The number of aromatic hydroxyl groups is 1.